The highest BCUT2D eigenvalue weighted by molar-refractivity contribution is 6.33. The first-order valence-corrected chi connectivity index (χ1v) is 8.66. The van der Waals surface area contributed by atoms with Gasteiger partial charge in [0.2, 0.25) is 11.9 Å². The summed E-state index contributed by atoms with van der Waals surface area (Å²) in [6.45, 7) is 0. The molecule has 1 heterocycles. The first kappa shape index (κ1) is 21.2. The van der Waals surface area contributed by atoms with Crippen LogP contribution in [0.2, 0.25) is 5.02 Å². The summed E-state index contributed by atoms with van der Waals surface area (Å²) in [5, 5.41) is 6.77. The van der Waals surface area contributed by atoms with Crippen molar-refractivity contribution < 1.29 is 22.3 Å². The average Bonchev–Trinajstić information content (AvgIpc) is 2.68. The molecule has 2 N–H and O–H groups in total. The summed E-state index contributed by atoms with van der Waals surface area (Å²) in [5.74, 6) is -0.826. The largest absolute Gasteiger partial charge is 0.573 e. The van der Waals surface area contributed by atoms with Crippen LogP contribution in [0.4, 0.5) is 29.5 Å². The van der Waals surface area contributed by atoms with Gasteiger partial charge in [-0.05, 0) is 42.0 Å². The molecule has 0 atom stereocenters. The quantitative estimate of drug-likeness (QED) is 0.328. The van der Waals surface area contributed by atoms with Crippen molar-refractivity contribution in [2.45, 2.75) is 6.36 Å². The Kier molecular flexibility index (Phi) is 6.31. The Labute approximate surface area is 172 Å². The molecular weight excluding hydrogens is 428 g/mol. The molecule has 3 rings (SSSR count). The normalized spacial score (nSPS) is 11.5. The summed E-state index contributed by atoms with van der Waals surface area (Å²) >= 11 is 6.06. The lowest BCUT2D eigenvalue weighted by atomic mass is 10.2. The van der Waals surface area contributed by atoms with E-state index >= 15 is 0 Å². The van der Waals surface area contributed by atoms with E-state index in [-0.39, 0.29) is 34.1 Å². The molecule has 0 spiro atoms. The average molecular weight is 441 g/mol. The lowest BCUT2D eigenvalue weighted by Crippen LogP contribution is -2.17. The van der Waals surface area contributed by atoms with Crippen LogP contribution in [0.1, 0.15) is 5.56 Å². The smallest absolute Gasteiger partial charge is 0.406 e. The van der Waals surface area contributed by atoms with Gasteiger partial charge in [0.1, 0.15) is 11.6 Å². The van der Waals surface area contributed by atoms with Crippen molar-refractivity contribution in [1.82, 2.24) is 15.0 Å². The van der Waals surface area contributed by atoms with Crippen LogP contribution in [0.5, 0.6) is 5.75 Å². The molecule has 0 fully saturated rings. The van der Waals surface area contributed by atoms with Gasteiger partial charge in [0.15, 0.2) is 5.82 Å². The van der Waals surface area contributed by atoms with Crippen LogP contribution < -0.4 is 15.5 Å². The van der Waals surface area contributed by atoms with E-state index < -0.39 is 12.2 Å². The fourth-order valence-corrected chi connectivity index (χ4v) is 2.53. The molecule has 0 unspecified atom stereocenters. The Morgan fingerprint density at radius 3 is 2.37 bits per heavy atom. The SMILES string of the molecule is CNc1nc(NN=Cc2ccc(OC(F)(F)F)cc2)nc(-c2c(F)cccc2Cl)n1. The van der Waals surface area contributed by atoms with E-state index in [1.807, 2.05) is 0 Å². The van der Waals surface area contributed by atoms with E-state index in [1.165, 1.54) is 36.5 Å². The summed E-state index contributed by atoms with van der Waals surface area (Å²) in [4.78, 5) is 12.2. The van der Waals surface area contributed by atoms with E-state index in [0.29, 0.717) is 5.56 Å². The molecule has 2 aromatic carbocycles. The molecule has 0 saturated heterocycles. The number of ether oxygens (including phenoxy) is 1. The van der Waals surface area contributed by atoms with Crippen LogP contribution in [0.15, 0.2) is 47.6 Å². The van der Waals surface area contributed by atoms with Gasteiger partial charge < -0.3 is 10.1 Å². The Morgan fingerprint density at radius 1 is 1.03 bits per heavy atom. The van der Waals surface area contributed by atoms with Gasteiger partial charge in [-0.3, -0.25) is 0 Å². The van der Waals surface area contributed by atoms with Crippen LogP contribution in [0.25, 0.3) is 11.4 Å². The third-order valence-electron chi connectivity index (χ3n) is 3.54. The number of hydrogen-bond donors (Lipinski definition) is 2. The number of alkyl halides is 3. The predicted octanol–water partition coefficient (Wildman–Crippen LogP) is 4.72. The van der Waals surface area contributed by atoms with Crippen LogP contribution in [0.3, 0.4) is 0 Å². The van der Waals surface area contributed by atoms with E-state index in [9.17, 15) is 17.6 Å². The first-order chi connectivity index (χ1) is 14.2. The van der Waals surface area contributed by atoms with E-state index in [0.717, 1.165) is 12.1 Å². The van der Waals surface area contributed by atoms with Gasteiger partial charge in [0.25, 0.3) is 0 Å². The van der Waals surface area contributed by atoms with Crippen molar-refractivity contribution in [2.75, 3.05) is 17.8 Å². The highest BCUT2D eigenvalue weighted by atomic mass is 35.5. The molecule has 0 aliphatic carbocycles. The van der Waals surface area contributed by atoms with Gasteiger partial charge in [-0.1, -0.05) is 17.7 Å². The van der Waals surface area contributed by atoms with Crippen LogP contribution in [-0.4, -0.2) is 34.6 Å². The number of hydrogen-bond acceptors (Lipinski definition) is 7. The zero-order valence-electron chi connectivity index (χ0n) is 15.2. The summed E-state index contributed by atoms with van der Waals surface area (Å²) in [6, 6.07) is 9.23. The minimum Gasteiger partial charge on any atom is -0.406 e. The molecule has 0 aliphatic heterocycles. The monoisotopic (exact) mass is 440 g/mol. The first-order valence-electron chi connectivity index (χ1n) is 8.28. The fraction of sp³-hybridized carbons (Fsp3) is 0.111. The lowest BCUT2D eigenvalue weighted by molar-refractivity contribution is -0.274. The van der Waals surface area contributed by atoms with Gasteiger partial charge >= 0.3 is 6.36 Å². The maximum atomic E-state index is 14.2. The second kappa shape index (κ2) is 8.91. The van der Waals surface area contributed by atoms with Gasteiger partial charge in [-0.25, -0.2) is 9.82 Å². The van der Waals surface area contributed by atoms with Crippen molar-refractivity contribution in [3.8, 4) is 17.1 Å². The Hall–Kier alpha value is -3.47. The second-order valence-corrected chi connectivity index (χ2v) is 6.05. The zero-order valence-corrected chi connectivity index (χ0v) is 16.0. The highest BCUT2D eigenvalue weighted by Gasteiger charge is 2.30. The van der Waals surface area contributed by atoms with E-state index in [1.54, 1.807) is 7.05 Å². The molecule has 7 nitrogen and oxygen atoms in total. The highest BCUT2D eigenvalue weighted by Crippen LogP contribution is 2.29. The van der Waals surface area contributed by atoms with Crippen molar-refractivity contribution in [3.63, 3.8) is 0 Å². The number of benzene rings is 2. The molecule has 3 aromatic rings. The fourth-order valence-electron chi connectivity index (χ4n) is 2.28. The number of aromatic nitrogens is 3. The standard InChI is InChI=1S/C18H13ClF4N6O/c1-24-16-26-15(14-12(19)3-2-4-13(14)20)27-17(28-16)29-25-9-10-5-7-11(8-6-10)30-18(21,22)23/h2-9H,1H3,(H2,24,26,27,28,29). The lowest BCUT2D eigenvalue weighted by Gasteiger charge is -2.09. The van der Waals surface area contributed by atoms with Crippen molar-refractivity contribution in [1.29, 1.82) is 0 Å². The minimum absolute atomic E-state index is 0.00283. The number of hydrazone groups is 1. The number of rotatable bonds is 6. The molecular formula is C18H13ClF4N6O. The molecule has 0 radical (unpaired) electrons. The van der Waals surface area contributed by atoms with Gasteiger partial charge in [-0.15, -0.1) is 13.2 Å². The molecule has 1 aromatic heterocycles. The number of halogens is 5. The second-order valence-electron chi connectivity index (χ2n) is 5.64. The summed E-state index contributed by atoms with van der Waals surface area (Å²) in [6.07, 6.45) is -3.43. The third kappa shape index (κ3) is 5.54. The maximum Gasteiger partial charge on any atom is 0.573 e. The Balaban J connectivity index is 1.78. The van der Waals surface area contributed by atoms with E-state index in [2.05, 4.69) is 35.5 Å². The maximum absolute atomic E-state index is 14.2. The molecule has 0 amide bonds. The topological polar surface area (TPSA) is 84.3 Å². The van der Waals surface area contributed by atoms with Crippen molar-refractivity contribution in [3.05, 3.63) is 58.9 Å². The molecule has 156 valence electrons. The summed E-state index contributed by atoms with van der Waals surface area (Å²) < 4.78 is 54.5. The third-order valence-corrected chi connectivity index (χ3v) is 3.85. The van der Waals surface area contributed by atoms with Gasteiger partial charge in [0, 0.05) is 7.05 Å². The van der Waals surface area contributed by atoms with Gasteiger partial charge in [-0.2, -0.15) is 20.1 Å². The molecule has 0 saturated carbocycles. The number of nitrogens with zero attached hydrogens (tertiary/aromatic N) is 4. The van der Waals surface area contributed by atoms with Crippen LogP contribution in [0, 0.1) is 5.82 Å². The van der Waals surface area contributed by atoms with Crippen molar-refractivity contribution >= 4 is 29.7 Å². The molecule has 0 bridgehead atoms. The van der Waals surface area contributed by atoms with Crippen LogP contribution >= 0.6 is 11.6 Å². The minimum atomic E-state index is -4.76. The number of anilines is 2. The van der Waals surface area contributed by atoms with Crippen LogP contribution in [-0.2, 0) is 0 Å². The van der Waals surface area contributed by atoms with E-state index in [4.69, 9.17) is 11.6 Å². The Morgan fingerprint density at radius 2 is 1.73 bits per heavy atom. The number of nitrogens with one attached hydrogen (secondary N) is 2. The molecule has 0 aliphatic rings. The zero-order chi connectivity index (χ0) is 21.7. The Bertz CT molecular complexity index is 1040. The van der Waals surface area contributed by atoms with Crippen molar-refractivity contribution in [2.24, 2.45) is 5.10 Å². The molecule has 30 heavy (non-hydrogen) atoms. The summed E-state index contributed by atoms with van der Waals surface area (Å²) in [7, 11) is 1.57. The molecule has 12 heteroatoms. The van der Waals surface area contributed by atoms with Gasteiger partial charge in [0.05, 0.1) is 16.8 Å². The predicted molar refractivity (Wildman–Crippen MR) is 104 cm³/mol. The summed E-state index contributed by atoms with van der Waals surface area (Å²) in [5.41, 5.74) is 3.05.